The van der Waals surface area contributed by atoms with Crippen LogP contribution in [0.1, 0.15) is 42.2 Å². The molecule has 1 aromatic heterocycles. The van der Waals surface area contributed by atoms with Crippen molar-refractivity contribution in [2.75, 3.05) is 25.0 Å². The Kier molecular flexibility index (Phi) is 6.10. The lowest BCUT2D eigenvalue weighted by atomic mass is 10.1. The van der Waals surface area contributed by atoms with E-state index >= 15 is 0 Å². The molecular formula is C20H27N3OS. The van der Waals surface area contributed by atoms with Gasteiger partial charge in [0.1, 0.15) is 5.76 Å². The number of thiocarbonyl (C=S) groups is 1. The minimum Gasteiger partial charge on any atom is -0.468 e. The number of rotatable bonds is 5. The quantitative estimate of drug-likeness (QED) is 0.776. The van der Waals surface area contributed by atoms with Gasteiger partial charge in [-0.2, -0.15) is 0 Å². The Labute approximate surface area is 155 Å². The van der Waals surface area contributed by atoms with Gasteiger partial charge in [-0.05, 0) is 75.8 Å². The molecule has 0 bridgehead atoms. The molecule has 1 fully saturated rings. The molecule has 134 valence electrons. The number of likely N-dealkylation sites (tertiary alicyclic amines) is 1. The normalized spacial score (nSPS) is 16.4. The van der Waals surface area contributed by atoms with E-state index in [0.29, 0.717) is 5.11 Å². The van der Waals surface area contributed by atoms with Crippen LogP contribution in [0.15, 0.2) is 41.0 Å². The second-order valence-corrected chi connectivity index (χ2v) is 7.19. The van der Waals surface area contributed by atoms with E-state index in [1.165, 1.54) is 30.4 Å². The summed E-state index contributed by atoms with van der Waals surface area (Å²) >= 11 is 5.51. The standard InChI is InChI=1S/C20H27N3OS/c1-15-8-9-17(16(2)13-15)22-20(25)21-14-18(19-7-6-12-24-19)23-10-4-3-5-11-23/h6-9,12-13,18H,3-5,10-11,14H2,1-2H3,(H2,21,22,25)/t18-/m1/s1. The molecule has 2 N–H and O–H groups in total. The first-order valence-corrected chi connectivity index (χ1v) is 9.44. The van der Waals surface area contributed by atoms with Gasteiger partial charge in [0.25, 0.3) is 0 Å². The molecule has 1 aliphatic rings. The molecule has 0 radical (unpaired) electrons. The maximum absolute atomic E-state index is 5.69. The van der Waals surface area contributed by atoms with Gasteiger partial charge in [-0.15, -0.1) is 0 Å². The van der Waals surface area contributed by atoms with Crippen molar-refractivity contribution in [2.24, 2.45) is 0 Å². The van der Waals surface area contributed by atoms with Crippen molar-refractivity contribution in [3.05, 3.63) is 53.5 Å². The molecule has 0 saturated carbocycles. The highest BCUT2D eigenvalue weighted by Crippen LogP contribution is 2.24. The SMILES string of the molecule is Cc1ccc(NC(=S)NC[C@H](c2ccco2)N2CCCCC2)c(C)c1. The first-order chi connectivity index (χ1) is 12.1. The van der Waals surface area contributed by atoms with E-state index in [1.54, 1.807) is 6.26 Å². The van der Waals surface area contributed by atoms with Crippen LogP contribution >= 0.6 is 12.2 Å². The molecule has 5 heteroatoms. The Morgan fingerprint density at radius 2 is 2.00 bits per heavy atom. The van der Waals surface area contributed by atoms with Crippen molar-refractivity contribution in [3.63, 3.8) is 0 Å². The lowest BCUT2D eigenvalue weighted by Crippen LogP contribution is -2.41. The van der Waals surface area contributed by atoms with E-state index in [-0.39, 0.29) is 6.04 Å². The van der Waals surface area contributed by atoms with Gasteiger partial charge in [0, 0.05) is 12.2 Å². The summed E-state index contributed by atoms with van der Waals surface area (Å²) in [4.78, 5) is 2.50. The maximum atomic E-state index is 5.69. The topological polar surface area (TPSA) is 40.4 Å². The predicted molar refractivity (Wildman–Crippen MR) is 107 cm³/mol. The van der Waals surface area contributed by atoms with E-state index in [4.69, 9.17) is 16.6 Å². The number of aryl methyl sites for hydroxylation is 2. The molecule has 0 spiro atoms. The third-order valence-corrected chi connectivity index (χ3v) is 5.04. The number of nitrogens with one attached hydrogen (secondary N) is 2. The number of anilines is 1. The molecule has 1 aliphatic heterocycles. The molecule has 4 nitrogen and oxygen atoms in total. The first kappa shape index (κ1) is 18.0. The molecule has 0 aliphatic carbocycles. The molecule has 0 amide bonds. The van der Waals surface area contributed by atoms with Gasteiger partial charge in [0.2, 0.25) is 0 Å². The average Bonchev–Trinajstić information content (AvgIpc) is 3.13. The number of nitrogens with zero attached hydrogens (tertiary/aromatic N) is 1. The van der Waals surface area contributed by atoms with Gasteiger partial charge in [-0.3, -0.25) is 4.90 Å². The van der Waals surface area contributed by atoms with Crippen molar-refractivity contribution >= 4 is 23.0 Å². The summed E-state index contributed by atoms with van der Waals surface area (Å²) in [5.41, 5.74) is 3.50. The average molecular weight is 358 g/mol. The van der Waals surface area contributed by atoms with Crippen molar-refractivity contribution in [1.29, 1.82) is 0 Å². The number of furan rings is 1. The fraction of sp³-hybridized carbons (Fsp3) is 0.450. The second-order valence-electron chi connectivity index (χ2n) is 6.78. The fourth-order valence-electron chi connectivity index (χ4n) is 3.43. The minimum atomic E-state index is 0.217. The highest BCUT2D eigenvalue weighted by atomic mass is 32.1. The summed E-state index contributed by atoms with van der Waals surface area (Å²) in [6, 6.07) is 10.6. The molecule has 3 rings (SSSR count). The largest absolute Gasteiger partial charge is 0.468 e. The van der Waals surface area contributed by atoms with Crippen LogP contribution in [0.2, 0.25) is 0 Å². The summed E-state index contributed by atoms with van der Waals surface area (Å²) in [6.07, 6.45) is 5.57. The molecule has 25 heavy (non-hydrogen) atoms. The van der Waals surface area contributed by atoms with Crippen LogP contribution < -0.4 is 10.6 Å². The Hall–Kier alpha value is -1.85. The monoisotopic (exact) mass is 357 g/mol. The van der Waals surface area contributed by atoms with Crippen LogP contribution in [-0.4, -0.2) is 29.6 Å². The zero-order valence-corrected chi connectivity index (χ0v) is 15.9. The van der Waals surface area contributed by atoms with Crippen molar-refractivity contribution < 1.29 is 4.42 Å². The van der Waals surface area contributed by atoms with Crippen LogP contribution in [0.4, 0.5) is 5.69 Å². The zero-order chi connectivity index (χ0) is 17.6. The van der Waals surface area contributed by atoms with E-state index < -0.39 is 0 Å². The molecule has 2 heterocycles. The summed E-state index contributed by atoms with van der Waals surface area (Å²) < 4.78 is 5.69. The summed E-state index contributed by atoms with van der Waals surface area (Å²) in [5, 5.41) is 7.34. The number of benzene rings is 1. The Morgan fingerprint density at radius 1 is 1.20 bits per heavy atom. The van der Waals surface area contributed by atoms with Gasteiger partial charge in [-0.1, -0.05) is 24.1 Å². The maximum Gasteiger partial charge on any atom is 0.170 e. The van der Waals surface area contributed by atoms with Gasteiger partial charge in [0.05, 0.1) is 12.3 Å². The first-order valence-electron chi connectivity index (χ1n) is 9.03. The third kappa shape index (κ3) is 4.83. The molecule has 2 aromatic rings. The van der Waals surface area contributed by atoms with Crippen LogP contribution in [0, 0.1) is 13.8 Å². The Morgan fingerprint density at radius 3 is 2.68 bits per heavy atom. The third-order valence-electron chi connectivity index (χ3n) is 4.79. The summed E-state index contributed by atoms with van der Waals surface area (Å²) in [5.74, 6) is 1.00. The van der Waals surface area contributed by atoms with Gasteiger partial charge < -0.3 is 15.1 Å². The zero-order valence-electron chi connectivity index (χ0n) is 15.0. The fourth-order valence-corrected chi connectivity index (χ4v) is 3.62. The smallest absolute Gasteiger partial charge is 0.170 e. The van der Waals surface area contributed by atoms with Crippen LogP contribution in [0.25, 0.3) is 0 Å². The van der Waals surface area contributed by atoms with E-state index in [1.807, 2.05) is 6.07 Å². The number of hydrogen-bond donors (Lipinski definition) is 2. The van der Waals surface area contributed by atoms with Crippen molar-refractivity contribution in [2.45, 2.75) is 39.2 Å². The summed E-state index contributed by atoms with van der Waals surface area (Å²) in [7, 11) is 0. The number of piperidine rings is 1. The highest BCUT2D eigenvalue weighted by molar-refractivity contribution is 7.80. The molecule has 1 saturated heterocycles. The van der Waals surface area contributed by atoms with Crippen molar-refractivity contribution in [1.82, 2.24) is 10.2 Å². The van der Waals surface area contributed by atoms with Gasteiger partial charge >= 0.3 is 0 Å². The second kappa shape index (κ2) is 8.50. The van der Waals surface area contributed by atoms with Gasteiger partial charge in [-0.25, -0.2) is 0 Å². The van der Waals surface area contributed by atoms with Gasteiger partial charge in [0.15, 0.2) is 5.11 Å². The lowest BCUT2D eigenvalue weighted by molar-refractivity contribution is 0.146. The van der Waals surface area contributed by atoms with Crippen LogP contribution in [0.3, 0.4) is 0 Å². The van der Waals surface area contributed by atoms with Crippen LogP contribution in [-0.2, 0) is 0 Å². The van der Waals surface area contributed by atoms with E-state index in [2.05, 4.69) is 53.6 Å². The molecule has 1 aromatic carbocycles. The van der Waals surface area contributed by atoms with Crippen molar-refractivity contribution in [3.8, 4) is 0 Å². The Bertz CT molecular complexity index is 693. The Balaban J connectivity index is 1.61. The molecular weight excluding hydrogens is 330 g/mol. The van der Waals surface area contributed by atoms with E-state index in [9.17, 15) is 0 Å². The minimum absolute atomic E-state index is 0.217. The van der Waals surface area contributed by atoms with E-state index in [0.717, 1.165) is 31.1 Å². The molecule has 0 unspecified atom stereocenters. The number of hydrogen-bond acceptors (Lipinski definition) is 3. The molecule has 1 atom stereocenters. The van der Waals surface area contributed by atoms with Crippen LogP contribution in [0.5, 0.6) is 0 Å². The predicted octanol–water partition coefficient (Wildman–Crippen LogP) is 4.41. The summed E-state index contributed by atoms with van der Waals surface area (Å²) in [6.45, 7) is 7.16. The highest BCUT2D eigenvalue weighted by Gasteiger charge is 2.24. The lowest BCUT2D eigenvalue weighted by Gasteiger charge is -2.33.